The Labute approximate surface area is 115 Å². The number of pyridine rings is 1. The third-order valence-electron chi connectivity index (χ3n) is 3.10. The molecule has 3 rings (SSSR count). The van der Waals surface area contributed by atoms with Crippen LogP contribution in [0.25, 0.3) is 16.9 Å². The molecule has 0 aliphatic heterocycles. The third kappa shape index (κ3) is 2.14. The van der Waals surface area contributed by atoms with Crippen LogP contribution in [-0.2, 0) is 0 Å². The van der Waals surface area contributed by atoms with Crippen molar-refractivity contribution in [2.75, 3.05) is 5.73 Å². The van der Waals surface area contributed by atoms with Crippen LogP contribution in [0.2, 0.25) is 0 Å². The minimum atomic E-state index is -0.263. The molecule has 3 aromatic rings. The summed E-state index contributed by atoms with van der Waals surface area (Å²) in [5.41, 5.74) is 9.78. The standard InChI is InChI=1S/C15H13FN4/c1-10-8-12(16)2-3-14(10)20-9-13(17)15(19-20)11-4-6-18-7-5-11/h2-9H,17H2,1H3. The molecule has 2 N–H and O–H groups in total. The molecule has 0 fully saturated rings. The van der Waals surface area contributed by atoms with Gasteiger partial charge in [-0.25, -0.2) is 9.07 Å². The second kappa shape index (κ2) is 4.77. The molecule has 4 nitrogen and oxygen atoms in total. The summed E-state index contributed by atoms with van der Waals surface area (Å²) >= 11 is 0. The van der Waals surface area contributed by atoms with Crippen molar-refractivity contribution in [1.82, 2.24) is 14.8 Å². The van der Waals surface area contributed by atoms with Crippen molar-refractivity contribution in [1.29, 1.82) is 0 Å². The Balaban J connectivity index is 2.09. The van der Waals surface area contributed by atoms with Crippen LogP contribution in [0.3, 0.4) is 0 Å². The second-order valence-corrected chi connectivity index (χ2v) is 4.54. The van der Waals surface area contributed by atoms with Gasteiger partial charge in [-0.2, -0.15) is 5.10 Å². The van der Waals surface area contributed by atoms with Crippen molar-refractivity contribution in [3.05, 3.63) is 60.3 Å². The van der Waals surface area contributed by atoms with Gasteiger partial charge in [0.25, 0.3) is 0 Å². The predicted molar refractivity (Wildman–Crippen MR) is 75.9 cm³/mol. The average Bonchev–Trinajstić information content (AvgIpc) is 2.81. The van der Waals surface area contributed by atoms with Crippen molar-refractivity contribution in [2.24, 2.45) is 0 Å². The van der Waals surface area contributed by atoms with Crippen LogP contribution in [0.5, 0.6) is 0 Å². The molecule has 0 aliphatic carbocycles. The second-order valence-electron chi connectivity index (χ2n) is 4.54. The van der Waals surface area contributed by atoms with Crippen molar-refractivity contribution >= 4 is 5.69 Å². The van der Waals surface area contributed by atoms with Crippen LogP contribution in [-0.4, -0.2) is 14.8 Å². The van der Waals surface area contributed by atoms with E-state index in [9.17, 15) is 4.39 Å². The van der Waals surface area contributed by atoms with Gasteiger partial charge in [0.1, 0.15) is 11.5 Å². The first kappa shape index (κ1) is 12.3. The van der Waals surface area contributed by atoms with E-state index >= 15 is 0 Å². The molecule has 0 spiro atoms. The zero-order valence-corrected chi connectivity index (χ0v) is 10.9. The first-order chi connectivity index (χ1) is 9.65. The molecule has 0 amide bonds. The monoisotopic (exact) mass is 268 g/mol. The van der Waals surface area contributed by atoms with E-state index in [1.54, 1.807) is 29.3 Å². The lowest BCUT2D eigenvalue weighted by Crippen LogP contribution is -1.98. The average molecular weight is 268 g/mol. The van der Waals surface area contributed by atoms with E-state index in [2.05, 4.69) is 10.1 Å². The Hall–Kier alpha value is -2.69. The van der Waals surface area contributed by atoms with E-state index in [0.717, 1.165) is 16.8 Å². The van der Waals surface area contributed by atoms with Crippen LogP contribution < -0.4 is 5.73 Å². The molecule has 1 aromatic carbocycles. The molecule has 20 heavy (non-hydrogen) atoms. The summed E-state index contributed by atoms with van der Waals surface area (Å²) in [5.74, 6) is -0.263. The number of benzene rings is 1. The molecule has 100 valence electrons. The number of nitrogen functional groups attached to an aromatic ring is 1. The van der Waals surface area contributed by atoms with E-state index in [1.165, 1.54) is 12.1 Å². The van der Waals surface area contributed by atoms with Gasteiger partial charge in [-0.1, -0.05) is 0 Å². The highest BCUT2D eigenvalue weighted by molar-refractivity contribution is 5.72. The van der Waals surface area contributed by atoms with Crippen molar-refractivity contribution in [3.63, 3.8) is 0 Å². The van der Waals surface area contributed by atoms with Gasteiger partial charge in [0.05, 0.1) is 17.6 Å². The highest BCUT2D eigenvalue weighted by Crippen LogP contribution is 2.25. The van der Waals surface area contributed by atoms with Gasteiger partial charge in [0, 0.05) is 18.0 Å². The lowest BCUT2D eigenvalue weighted by molar-refractivity contribution is 0.625. The largest absolute Gasteiger partial charge is 0.396 e. The Morgan fingerprint density at radius 1 is 1.15 bits per heavy atom. The maximum atomic E-state index is 13.2. The fourth-order valence-corrected chi connectivity index (χ4v) is 2.12. The van der Waals surface area contributed by atoms with Crippen LogP contribution in [0.4, 0.5) is 10.1 Å². The zero-order chi connectivity index (χ0) is 14.1. The number of aromatic nitrogens is 3. The number of halogens is 1. The highest BCUT2D eigenvalue weighted by Gasteiger charge is 2.11. The van der Waals surface area contributed by atoms with E-state index < -0.39 is 0 Å². The van der Waals surface area contributed by atoms with Crippen LogP contribution in [0, 0.1) is 12.7 Å². The summed E-state index contributed by atoms with van der Waals surface area (Å²) < 4.78 is 14.8. The summed E-state index contributed by atoms with van der Waals surface area (Å²) in [5, 5.41) is 4.48. The van der Waals surface area contributed by atoms with Gasteiger partial charge < -0.3 is 5.73 Å². The van der Waals surface area contributed by atoms with E-state index in [4.69, 9.17) is 5.73 Å². The lowest BCUT2D eigenvalue weighted by Gasteiger charge is -2.05. The number of hydrogen-bond donors (Lipinski definition) is 1. The lowest BCUT2D eigenvalue weighted by atomic mass is 10.2. The molecular weight excluding hydrogens is 255 g/mol. The topological polar surface area (TPSA) is 56.7 Å². The summed E-state index contributed by atoms with van der Waals surface area (Å²) in [6, 6.07) is 8.26. The number of hydrogen-bond acceptors (Lipinski definition) is 3. The van der Waals surface area contributed by atoms with Crippen LogP contribution in [0.1, 0.15) is 5.56 Å². The van der Waals surface area contributed by atoms with Gasteiger partial charge >= 0.3 is 0 Å². The SMILES string of the molecule is Cc1cc(F)ccc1-n1cc(N)c(-c2ccncc2)n1. The molecular formula is C15H13FN4. The Bertz CT molecular complexity index is 750. The van der Waals surface area contributed by atoms with Crippen molar-refractivity contribution in [2.45, 2.75) is 6.92 Å². The quantitative estimate of drug-likeness (QED) is 0.777. The molecule has 0 saturated carbocycles. The molecule has 2 aromatic heterocycles. The minimum Gasteiger partial charge on any atom is -0.396 e. The number of nitrogens with zero attached hydrogens (tertiary/aromatic N) is 3. The van der Waals surface area contributed by atoms with E-state index in [1.807, 2.05) is 19.1 Å². The highest BCUT2D eigenvalue weighted by atomic mass is 19.1. The maximum absolute atomic E-state index is 13.2. The maximum Gasteiger partial charge on any atom is 0.123 e. The Kier molecular flexibility index (Phi) is 2.95. The fourth-order valence-electron chi connectivity index (χ4n) is 2.12. The van der Waals surface area contributed by atoms with Gasteiger partial charge in [0.2, 0.25) is 0 Å². The molecule has 0 atom stereocenters. The van der Waals surface area contributed by atoms with Gasteiger partial charge in [-0.15, -0.1) is 0 Å². The summed E-state index contributed by atoms with van der Waals surface area (Å²) in [6.45, 7) is 1.84. The smallest absolute Gasteiger partial charge is 0.123 e. The number of nitrogens with two attached hydrogens (primary N) is 1. The summed E-state index contributed by atoms with van der Waals surface area (Å²) in [6.07, 6.45) is 5.11. The van der Waals surface area contributed by atoms with Crippen molar-refractivity contribution < 1.29 is 4.39 Å². The first-order valence-electron chi connectivity index (χ1n) is 6.17. The van der Waals surface area contributed by atoms with E-state index in [-0.39, 0.29) is 5.82 Å². The number of anilines is 1. The Morgan fingerprint density at radius 2 is 1.90 bits per heavy atom. The zero-order valence-electron chi connectivity index (χ0n) is 10.9. The predicted octanol–water partition coefficient (Wildman–Crippen LogP) is 2.96. The van der Waals surface area contributed by atoms with Gasteiger partial charge in [0.15, 0.2) is 0 Å². The molecule has 0 bridgehead atoms. The molecule has 0 aliphatic rings. The van der Waals surface area contributed by atoms with Crippen LogP contribution >= 0.6 is 0 Å². The fraction of sp³-hybridized carbons (Fsp3) is 0.0667. The molecule has 2 heterocycles. The summed E-state index contributed by atoms with van der Waals surface area (Å²) in [4.78, 5) is 3.97. The molecule has 5 heteroatoms. The molecule has 0 unspecified atom stereocenters. The molecule has 0 saturated heterocycles. The number of rotatable bonds is 2. The minimum absolute atomic E-state index is 0.263. The van der Waals surface area contributed by atoms with E-state index in [0.29, 0.717) is 11.4 Å². The van der Waals surface area contributed by atoms with Crippen molar-refractivity contribution in [3.8, 4) is 16.9 Å². The van der Waals surface area contributed by atoms with Gasteiger partial charge in [-0.3, -0.25) is 4.98 Å². The number of aryl methyl sites for hydroxylation is 1. The van der Waals surface area contributed by atoms with Crippen LogP contribution in [0.15, 0.2) is 48.9 Å². The first-order valence-corrected chi connectivity index (χ1v) is 6.17. The molecule has 0 radical (unpaired) electrons. The summed E-state index contributed by atoms with van der Waals surface area (Å²) in [7, 11) is 0. The Morgan fingerprint density at radius 3 is 2.60 bits per heavy atom. The third-order valence-corrected chi connectivity index (χ3v) is 3.10. The normalized spacial score (nSPS) is 10.7. The van der Waals surface area contributed by atoms with Gasteiger partial charge in [-0.05, 0) is 42.8 Å².